The zero-order valence-electron chi connectivity index (χ0n) is 17.2. The molecule has 0 saturated carbocycles. The molecule has 0 saturated heterocycles. The smallest absolute Gasteiger partial charge is 0.336 e. The lowest BCUT2D eigenvalue weighted by atomic mass is 9.95. The number of hydrogen-bond donors (Lipinski definition) is 0. The van der Waals surface area contributed by atoms with E-state index in [9.17, 15) is 18.8 Å². The predicted octanol–water partition coefficient (Wildman–Crippen LogP) is 5.07. The van der Waals surface area contributed by atoms with Crippen LogP contribution in [0, 0.1) is 12.7 Å². The quantitative estimate of drug-likeness (QED) is 0.309. The van der Waals surface area contributed by atoms with E-state index in [2.05, 4.69) is 13.8 Å². The van der Waals surface area contributed by atoms with E-state index in [4.69, 9.17) is 9.15 Å². The molecular weight excluding hydrogens is 387 g/mol. The maximum Gasteiger partial charge on any atom is 0.336 e. The van der Waals surface area contributed by atoms with Crippen molar-refractivity contribution >= 4 is 22.7 Å². The molecule has 5 nitrogen and oxygen atoms in total. The highest BCUT2D eigenvalue weighted by Crippen LogP contribution is 2.27. The number of ketones is 1. The highest BCUT2D eigenvalue weighted by Gasteiger charge is 2.14. The normalized spacial score (nSPS) is 11.1. The van der Waals surface area contributed by atoms with Crippen LogP contribution in [-0.2, 0) is 16.1 Å². The van der Waals surface area contributed by atoms with Crippen molar-refractivity contribution in [3.05, 3.63) is 81.0 Å². The van der Waals surface area contributed by atoms with E-state index in [1.165, 1.54) is 30.3 Å². The number of fused-ring (bicyclic) bond motifs is 1. The summed E-state index contributed by atoms with van der Waals surface area (Å²) in [4.78, 5) is 36.1. The van der Waals surface area contributed by atoms with Crippen molar-refractivity contribution in [1.82, 2.24) is 0 Å². The Hall–Kier alpha value is -3.28. The van der Waals surface area contributed by atoms with Gasteiger partial charge in [-0.15, -0.1) is 0 Å². The average molecular weight is 410 g/mol. The van der Waals surface area contributed by atoms with Crippen molar-refractivity contribution in [3.63, 3.8) is 0 Å². The molecule has 2 aromatic carbocycles. The molecule has 0 radical (unpaired) electrons. The first-order chi connectivity index (χ1) is 14.2. The number of aryl methyl sites for hydroxylation is 1. The molecule has 0 aliphatic rings. The van der Waals surface area contributed by atoms with E-state index >= 15 is 0 Å². The molecule has 0 aliphatic carbocycles. The Kier molecular flexibility index (Phi) is 6.45. The highest BCUT2D eigenvalue weighted by atomic mass is 19.1. The summed E-state index contributed by atoms with van der Waals surface area (Å²) < 4.78 is 23.5. The Morgan fingerprint density at radius 2 is 1.77 bits per heavy atom. The third-order valence-corrected chi connectivity index (χ3v) is 4.95. The molecule has 0 bridgehead atoms. The third-order valence-electron chi connectivity index (χ3n) is 4.95. The summed E-state index contributed by atoms with van der Waals surface area (Å²) in [5.41, 5.74) is 2.97. The second-order valence-electron chi connectivity index (χ2n) is 7.54. The minimum absolute atomic E-state index is 0.0428. The Balaban J connectivity index is 1.69. The van der Waals surface area contributed by atoms with E-state index in [1.54, 1.807) is 0 Å². The lowest BCUT2D eigenvalue weighted by Gasteiger charge is -2.13. The van der Waals surface area contributed by atoms with E-state index in [0.717, 1.165) is 16.5 Å². The minimum atomic E-state index is -0.553. The van der Waals surface area contributed by atoms with Gasteiger partial charge < -0.3 is 9.15 Å². The Morgan fingerprint density at radius 3 is 2.43 bits per heavy atom. The SMILES string of the molecule is Cc1cc2oc(=O)cc(COC(=O)CCC(=O)c3ccc(F)cc3)c2cc1C(C)C. The summed E-state index contributed by atoms with van der Waals surface area (Å²) in [6.07, 6.45) is -0.148. The van der Waals surface area contributed by atoms with Gasteiger partial charge in [0.25, 0.3) is 0 Å². The topological polar surface area (TPSA) is 73.6 Å². The molecule has 3 rings (SSSR count). The molecule has 0 fully saturated rings. The van der Waals surface area contributed by atoms with Gasteiger partial charge in [0.1, 0.15) is 18.0 Å². The van der Waals surface area contributed by atoms with Gasteiger partial charge in [-0.05, 0) is 60.4 Å². The van der Waals surface area contributed by atoms with E-state index in [-0.39, 0.29) is 31.1 Å². The molecule has 6 heteroatoms. The number of halogens is 1. The van der Waals surface area contributed by atoms with Gasteiger partial charge in [0, 0.05) is 29.0 Å². The van der Waals surface area contributed by atoms with Crippen LogP contribution in [-0.4, -0.2) is 11.8 Å². The number of hydrogen-bond acceptors (Lipinski definition) is 5. The van der Waals surface area contributed by atoms with Crippen molar-refractivity contribution in [2.45, 2.75) is 46.1 Å². The van der Waals surface area contributed by atoms with E-state index in [1.807, 2.05) is 19.1 Å². The van der Waals surface area contributed by atoms with Crippen LogP contribution >= 0.6 is 0 Å². The highest BCUT2D eigenvalue weighted by molar-refractivity contribution is 5.97. The maximum atomic E-state index is 12.9. The number of benzene rings is 2. The molecule has 1 aromatic heterocycles. The Bertz CT molecular complexity index is 1140. The number of esters is 1. The van der Waals surface area contributed by atoms with Crippen molar-refractivity contribution in [2.75, 3.05) is 0 Å². The largest absolute Gasteiger partial charge is 0.461 e. The van der Waals surface area contributed by atoms with Crippen LogP contribution < -0.4 is 5.63 Å². The van der Waals surface area contributed by atoms with Gasteiger partial charge in [0.2, 0.25) is 0 Å². The molecule has 30 heavy (non-hydrogen) atoms. The first-order valence-corrected chi connectivity index (χ1v) is 9.76. The standard InChI is InChI=1S/C24H23FO5/c1-14(2)19-12-20-17(11-24(28)30-22(20)10-15(19)3)13-29-23(27)9-8-21(26)16-4-6-18(25)7-5-16/h4-7,10-12,14H,8-9,13H2,1-3H3. The zero-order chi connectivity index (χ0) is 21.8. The van der Waals surface area contributed by atoms with Crippen LogP contribution in [0.1, 0.15) is 59.7 Å². The zero-order valence-corrected chi connectivity index (χ0v) is 17.2. The van der Waals surface area contributed by atoms with Gasteiger partial charge in [-0.25, -0.2) is 9.18 Å². The lowest BCUT2D eigenvalue weighted by Crippen LogP contribution is -2.10. The fraction of sp³-hybridized carbons (Fsp3) is 0.292. The van der Waals surface area contributed by atoms with E-state index < -0.39 is 17.4 Å². The second kappa shape index (κ2) is 9.03. The number of rotatable bonds is 7. The summed E-state index contributed by atoms with van der Waals surface area (Å²) in [5.74, 6) is -0.964. The van der Waals surface area contributed by atoms with Crippen molar-refractivity contribution in [2.24, 2.45) is 0 Å². The molecule has 1 heterocycles. The predicted molar refractivity (Wildman–Crippen MR) is 111 cm³/mol. The Labute approximate surface area is 173 Å². The summed E-state index contributed by atoms with van der Waals surface area (Å²) in [5, 5.41) is 0.721. The van der Waals surface area contributed by atoms with Gasteiger partial charge in [-0.1, -0.05) is 13.8 Å². The molecule has 0 unspecified atom stereocenters. The molecule has 0 atom stereocenters. The summed E-state index contributed by atoms with van der Waals surface area (Å²) >= 11 is 0. The summed E-state index contributed by atoms with van der Waals surface area (Å²) in [6, 6.07) is 10.3. The molecule has 3 aromatic rings. The van der Waals surface area contributed by atoms with Gasteiger partial charge in [-0.2, -0.15) is 0 Å². The van der Waals surface area contributed by atoms with Gasteiger partial charge in [0.05, 0.1) is 6.42 Å². The van der Waals surface area contributed by atoms with E-state index in [0.29, 0.717) is 16.7 Å². The van der Waals surface area contributed by atoms with Crippen molar-refractivity contribution in [3.8, 4) is 0 Å². The summed E-state index contributed by atoms with van der Waals surface area (Å²) in [6.45, 7) is 6.02. The average Bonchev–Trinajstić information content (AvgIpc) is 2.69. The summed E-state index contributed by atoms with van der Waals surface area (Å²) in [7, 11) is 0. The lowest BCUT2D eigenvalue weighted by molar-refractivity contribution is -0.144. The molecule has 156 valence electrons. The van der Waals surface area contributed by atoms with Crippen molar-refractivity contribution in [1.29, 1.82) is 0 Å². The number of Topliss-reactive ketones (excluding diaryl/α,β-unsaturated/α-hetero) is 1. The maximum absolute atomic E-state index is 12.9. The van der Waals surface area contributed by atoms with Gasteiger partial charge in [-0.3, -0.25) is 9.59 Å². The molecule has 0 aliphatic heterocycles. The van der Waals surface area contributed by atoms with Crippen LogP contribution in [0.25, 0.3) is 11.0 Å². The second-order valence-corrected chi connectivity index (χ2v) is 7.54. The molecule has 0 N–H and O–H groups in total. The number of ether oxygens (including phenoxy) is 1. The van der Waals surface area contributed by atoms with Crippen molar-refractivity contribution < 1.29 is 23.1 Å². The fourth-order valence-corrected chi connectivity index (χ4v) is 3.36. The van der Waals surface area contributed by atoms with Gasteiger partial charge >= 0.3 is 11.6 Å². The fourth-order valence-electron chi connectivity index (χ4n) is 3.36. The van der Waals surface area contributed by atoms with Gasteiger partial charge in [0.15, 0.2) is 5.78 Å². The molecule has 0 amide bonds. The van der Waals surface area contributed by atoms with Crippen LogP contribution in [0.4, 0.5) is 4.39 Å². The number of carbonyl (C=O) groups is 2. The minimum Gasteiger partial charge on any atom is -0.461 e. The Morgan fingerprint density at radius 1 is 1.07 bits per heavy atom. The first kappa shape index (κ1) is 21.4. The van der Waals surface area contributed by atoms with Crippen LogP contribution in [0.5, 0.6) is 0 Å². The number of carbonyl (C=O) groups excluding carboxylic acids is 2. The molecular formula is C24H23FO5. The molecule has 0 spiro atoms. The first-order valence-electron chi connectivity index (χ1n) is 9.76. The van der Waals surface area contributed by atoms with Crippen LogP contribution in [0.3, 0.4) is 0 Å². The third kappa shape index (κ3) is 5.00. The van der Waals surface area contributed by atoms with Crippen LogP contribution in [0.15, 0.2) is 51.7 Å². The monoisotopic (exact) mass is 410 g/mol. The van der Waals surface area contributed by atoms with Crippen LogP contribution in [0.2, 0.25) is 0 Å².